The van der Waals surface area contributed by atoms with E-state index in [2.05, 4.69) is 10.1 Å². The Kier molecular flexibility index (Phi) is 6.66. The fourth-order valence-electron chi connectivity index (χ4n) is 3.27. The van der Waals surface area contributed by atoms with E-state index in [0.717, 1.165) is 5.04 Å². The molecule has 34 heavy (non-hydrogen) atoms. The Labute approximate surface area is 203 Å². The summed E-state index contributed by atoms with van der Waals surface area (Å²) in [6, 6.07) is 9.37. The van der Waals surface area contributed by atoms with Gasteiger partial charge in [-0.3, -0.25) is 20.3 Å². The van der Waals surface area contributed by atoms with Crippen LogP contribution in [0.15, 0.2) is 52.1 Å². The zero-order valence-electron chi connectivity index (χ0n) is 18.1. The molecule has 0 atom stereocenters. The number of ether oxygens (including phenoxy) is 2. The number of hydrogen-bond donors (Lipinski definition) is 1. The Balaban J connectivity index is 1.62. The maximum Gasteiger partial charge on any atom is 0.283 e. The number of hydrogen-bond acceptors (Lipinski definition) is 8. The van der Waals surface area contributed by atoms with Crippen molar-refractivity contribution >= 4 is 57.1 Å². The Hall–Kier alpha value is -3.70. The molecule has 1 N–H and O–H groups in total. The number of carbonyl (C=O) groups excluding carboxylic acids is 1. The molecule has 0 saturated heterocycles. The number of halogens is 1. The number of benzene rings is 2. The number of aliphatic imine (C=N–C) groups is 1. The molecule has 2 aromatic rings. The molecule has 1 amide bonds. The molecule has 0 saturated carbocycles. The first-order valence-corrected chi connectivity index (χ1v) is 11.2. The maximum absolute atomic E-state index is 12.6. The van der Waals surface area contributed by atoms with Crippen molar-refractivity contribution in [3.8, 4) is 11.5 Å². The van der Waals surface area contributed by atoms with Crippen LogP contribution < -0.4 is 9.47 Å². The second-order valence-corrected chi connectivity index (χ2v) is 8.52. The molecule has 0 aliphatic carbocycles. The Morgan fingerprint density at radius 2 is 2.09 bits per heavy atom. The van der Waals surface area contributed by atoms with Crippen molar-refractivity contribution in [3.05, 3.63) is 68.2 Å². The van der Waals surface area contributed by atoms with Crippen molar-refractivity contribution < 1.29 is 19.2 Å². The van der Waals surface area contributed by atoms with E-state index in [-0.39, 0.29) is 40.2 Å². The Morgan fingerprint density at radius 1 is 1.32 bits per heavy atom. The Bertz CT molecular complexity index is 1310. The first kappa shape index (κ1) is 23.5. The van der Waals surface area contributed by atoms with Crippen LogP contribution in [0.4, 0.5) is 5.69 Å². The second-order valence-electron chi connectivity index (χ2n) is 7.08. The van der Waals surface area contributed by atoms with Gasteiger partial charge in [0.2, 0.25) is 5.17 Å². The van der Waals surface area contributed by atoms with E-state index >= 15 is 0 Å². The maximum atomic E-state index is 12.6. The van der Waals surface area contributed by atoms with Gasteiger partial charge in [0, 0.05) is 6.07 Å². The third-order valence-corrected chi connectivity index (χ3v) is 6.26. The van der Waals surface area contributed by atoms with E-state index in [1.807, 2.05) is 6.92 Å². The number of rotatable bonds is 7. The van der Waals surface area contributed by atoms with Crippen molar-refractivity contribution in [2.75, 3.05) is 7.11 Å². The summed E-state index contributed by atoms with van der Waals surface area (Å²) in [6.45, 7) is 1.83. The number of para-hydroxylation sites is 1. The van der Waals surface area contributed by atoms with Crippen LogP contribution in [0.1, 0.15) is 24.5 Å². The van der Waals surface area contributed by atoms with Crippen molar-refractivity contribution in [2.45, 2.75) is 20.0 Å². The summed E-state index contributed by atoms with van der Waals surface area (Å²) in [6.07, 6.45) is 2.15. The van der Waals surface area contributed by atoms with E-state index in [1.54, 1.807) is 30.3 Å². The molecule has 174 valence electrons. The van der Waals surface area contributed by atoms with Crippen molar-refractivity contribution in [2.24, 2.45) is 10.1 Å². The molecule has 0 fully saturated rings. The topological polar surface area (TPSA) is 130 Å². The van der Waals surface area contributed by atoms with E-state index in [1.165, 1.54) is 36.0 Å². The number of fused-ring (bicyclic) bond motifs is 1. The molecule has 2 aliphatic rings. The first-order valence-electron chi connectivity index (χ1n) is 10.0. The molecule has 0 spiro atoms. The molecule has 10 nitrogen and oxygen atoms in total. The van der Waals surface area contributed by atoms with E-state index in [4.69, 9.17) is 26.5 Å². The average molecular weight is 500 g/mol. The number of thioether (sulfide) groups is 1. The third kappa shape index (κ3) is 4.52. The lowest BCUT2D eigenvalue weighted by atomic mass is 10.1. The minimum absolute atomic E-state index is 0.0529. The number of carbonyl (C=O) groups is 1. The summed E-state index contributed by atoms with van der Waals surface area (Å²) in [4.78, 5) is 27.4. The van der Waals surface area contributed by atoms with Crippen LogP contribution in [0.25, 0.3) is 6.08 Å². The second kappa shape index (κ2) is 9.65. The fraction of sp³-hybridized carbons (Fsp3) is 0.182. The molecule has 12 heteroatoms. The van der Waals surface area contributed by atoms with Crippen LogP contribution in [0, 0.1) is 15.5 Å². The minimum Gasteiger partial charge on any atom is -0.493 e. The standard InChI is InChI=1S/C22H18ClN5O5S/c1-3-18-26-27-20(24)14(21(29)25-22(27)34-18)8-12-9-15(23)19(17(10-12)32-2)33-11-13-6-4-5-7-16(13)28(30)31/h4-10,24H,3,11H2,1-2H3/b14-8-,24-20?. The molecule has 0 unspecified atom stereocenters. The van der Waals surface area contributed by atoms with Crippen LogP contribution in [-0.4, -0.2) is 39.0 Å². The van der Waals surface area contributed by atoms with Crippen molar-refractivity contribution in [3.63, 3.8) is 0 Å². The van der Waals surface area contributed by atoms with Crippen LogP contribution in [0.5, 0.6) is 11.5 Å². The predicted molar refractivity (Wildman–Crippen MR) is 131 cm³/mol. The van der Waals surface area contributed by atoms with Crippen LogP contribution in [0.2, 0.25) is 5.02 Å². The lowest BCUT2D eigenvalue weighted by Crippen LogP contribution is -2.35. The highest BCUT2D eigenvalue weighted by molar-refractivity contribution is 8.26. The van der Waals surface area contributed by atoms with Gasteiger partial charge in [-0.2, -0.15) is 15.1 Å². The van der Waals surface area contributed by atoms with Gasteiger partial charge in [0.15, 0.2) is 17.3 Å². The van der Waals surface area contributed by atoms with Crippen LogP contribution in [-0.2, 0) is 11.4 Å². The molecule has 2 aromatic carbocycles. The van der Waals surface area contributed by atoms with Crippen molar-refractivity contribution in [1.29, 1.82) is 5.41 Å². The highest BCUT2D eigenvalue weighted by Crippen LogP contribution is 2.38. The summed E-state index contributed by atoms with van der Waals surface area (Å²) in [7, 11) is 1.42. The zero-order valence-corrected chi connectivity index (χ0v) is 19.6. The molecular formula is C22H18ClN5O5S. The molecule has 0 radical (unpaired) electrons. The van der Waals surface area contributed by atoms with Crippen molar-refractivity contribution in [1.82, 2.24) is 5.01 Å². The number of hydrazone groups is 1. The molecule has 2 heterocycles. The largest absolute Gasteiger partial charge is 0.493 e. The zero-order chi connectivity index (χ0) is 24.4. The fourth-order valence-corrected chi connectivity index (χ4v) is 4.36. The molecular weight excluding hydrogens is 482 g/mol. The number of amidine groups is 2. The third-order valence-electron chi connectivity index (χ3n) is 4.92. The summed E-state index contributed by atoms with van der Waals surface area (Å²) in [5.74, 6) is -0.177. The lowest BCUT2D eigenvalue weighted by molar-refractivity contribution is -0.385. The number of methoxy groups -OCH3 is 1. The summed E-state index contributed by atoms with van der Waals surface area (Å²) < 4.78 is 11.2. The van der Waals surface area contributed by atoms with Gasteiger partial charge in [0.25, 0.3) is 11.6 Å². The normalized spacial score (nSPS) is 16.3. The van der Waals surface area contributed by atoms with Crippen LogP contribution in [0.3, 0.4) is 0 Å². The van der Waals surface area contributed by atoms with Gasteiger partial charge in [0.1, 0.15) is 11.7 Å². The van der Waals surface area contributed by atoms with Gasteiger partial charge in [-0.05, 0) is 48.0 Å². The van der Waals surface area contributed by atoms with E-state index in [0.29, 0.717) is 22.7 Å². The molecule has 2 aliphatic heterocycles. The summed E-state index contributed by atoms with van der Waals surface area (Å²) in [5, 5.41) is 26.6. The van der Waals surface area contributed by atoms with Crippen LogP contribution >= 0.6 is 23.4 Å². The highest BCUT2D eigenvalue weighted by atomic mass is 35.5. The summed E-state index contributed by atoms with van der Waals surface area (Å²) in [5.41, 5.74) is 0.847. The monoisotopic (exact) mass is 499 g/mol. The first-order chi connectivity index (χ1) is 16.3. The quantitative estimate of drug-likeness (QED) is 0.327. The lowest BCUT2D eigenvalue weighted by Gasteiger charge is -2.20. The number of amides is 1. The number of nitrogens with one attached hydrogen (secondary N) is 1. The number of nitrogens with zero attached hydrogens (tertiary/aromatic N) is 4. The molecule has 0 aromatic heterocycles. The van der Waals surface area contributed by atoms with Gasteiger partial charge in [-0.15, -0.1) is 0 Å². The minimum atomic E-state index is -0.553. The number of nitro groups is 1. The highest BCUT2D eigenvalue weighted by Gasteiger charge is 2.35. The van der Waals surface area contributed by atoms with Gasteiger partial charge in [0.05, 0.1) is 28.2 Å². The van der Waals surface area contributed by atoms with E-state index in [9.17, 15) is 14.9 Å². The summed E-state index contributed by atoms with van der Waals surface area (Å²) >= 11 is 7.69. The number of nitro benzene ring substituents is 1. The Morgan fingerprint density at radius 3 is 2.79 bits per heavy atom. The van der Waals surface area contributed by atoms with E-state index < -0.39 is 10.8 Å². The van der Waals surface area contributed by atoms with Gasteiger partial charge >= 0.3 is 0 Å². The van der Waals surface area contributed by atoms with Gasteiger partial charge in [-0.1, -0.05) is 30.7 Å². The smallest absolute Gasteiger partial charge is 0.283 e. The SMILES string of the molecule is CCC1=NN2C(=N)/C(=C/c3cc(Cl)c(OCc4ccccc4[N+](=O)[O-])c(OC)c3)C(=O)N=C2S1. The van der Waals surface area contributed by atoms with Gasteiger partial charge in [-0.25, -0.2) is 0 Å². The molecule has 4 rings (SSSR count). The average Bonchev–Trinajstić information content (AvgIpc) is 3.24. The molecule has 0 bridgehead atoms. The van der Waals surface area contributed by atoms with Gasteiger partial charge < -0.3 is 9.47 Å². The predicted octanol–water partition coefficient (Wildman–Crippen LogP) is 4.86.